The molecule has 0 amide bonds. The second-order valence-corrected chi connectivity index (χ2v) is 3.52. The topological polar surface area (TPSA) is 52.6 Å². The van der Waals surface area contributed by atoms with Crippen molar-refractivity contribution < 1.29 is 27.8 Å². The minimum Gasteiger partial charge on any atom is -0.465 e. The molecule has 102 valence electrons. The lowest BCUT2D eigenvalue weighted by Gasteiger charge is -2.08. The molecule has 0 aliphatic carbocycles. The molecular formula is C13H12F2O4. The Labute approximate surface area is 108 Å². The van der Waals surface area contributed by atoms with Gasteiger partial charge >= 0.3 is 12.6 Å². The summed E-state index contributed by atoms with van der Waals surface area (Å²) in [5.41, 5.74) is -0.0498. The summed E-state index contributed by atoms with van der Waals surface area (Å²) in [6.07, 6.45) is 1.16. The number of carbonyl (C=O) groups is 2. The second kappa shape index (κ2) is 6.63. The SMILES string of the molecule is COC(=O)/C(=C/c1ccccc1OC(F)F)C(C)=O. The average molecular weight is 270 g/mol. The molecular weight excluding hydrogens is 258 g/mol. The molecule has 0 fully saturated rings. The highest BCUT2D eigenvalue weighted by atomic mass is 19.3. The van der Waals surface area contributed by atoms with Crippen molar-refractivity contribution in [3.63, 3.8) is 0 Å². The van der Waals surface area contributed by atoms with Gasteiger partial charge in [-0.1, -0.05) is 18.2 Å². The number of Topliss-reactive ketones (excluding diaryl/α,β-unsaturated/α-hetero) is 1. The molecule has 0 radical (unpaired) electrons. The van der Waals surface area contributed by atoms with Gasteiger partial charge in [-0.15, -0.1) is 0 Å². The molecule has 0 spiro atoms. The number of halogens is 2. The van der Waals surface area contributed by atoms with Crippen LogP contribution in [0.2, 0.25) is 0 Å². The van der Waals surface area contributed by atoms with Crippen LogP contribution in [0.15, 0.2) is 29.8 Å². The van der Waals surface area contributed by atoms with Crippen molar-refractivity contribution in [2.75, 3.05) is 7.11 Å². The van der Waals surface area contributed by atoms with Crippen molar-refractivity contribution >= 4 is 17.8 Å². The van der Waals surface area contributed by atoms with Gasteiger partial charge < -0.3 is 9.47 Å². The molecule has 0 saturated heterocycles. The lowest BCUT2D eigenvalue weighted by atomic mass is 10.1. The molecule has 0 aliphatic rings. The number of alkyl halides is 2. The standard InChI is InChI=1S/C13H12F2O4/c1-8(16)10(12(17)18-2)7-9-5-3-4-6-11(9)19-13(14)15/h3-7,13H,1-2H3/b10-7+. The molecule has 4 nitrogen and oxygen atoms in total. The number of ketones is 1. The first kappa shape index (κ1) is 14.8. The van der Waals surface area contributed by atoms with E-state index in [0.717, 1.165) is 13.2 Å². The molecule has 0 atom stereocenters. The number of ether oxygens (including phenoxy) is 2. The van der Waals surface area contributed by atoms with Gasteiger partial charge in [0.05, 0.1) is 7.11 Å². The number of benzene rings is 1. The van der Waals surface area contributed by atoms with Crippen LogP contribution in [0, 0.1) is 0 Å². The van der Waals surface area contributed by atoms with Gasteiger partial charge in [0.1, 0.15) is 11.3 Å². The molecule has 1 aromatic rings. The van der Waals surface area contributed by atoms with Crippen LogP contribution in [-0.4, -0.2) is 25.5 Å². The molecule has 0 unspecified atom stereocenters. The van der Waals surface area contributed by atoms with Crippen LogP contribution in [0.5, 0.6) is 5.75 Å². The third-order valence-electron chi connectivity index (χ3n) is 2.22. The van der Waals surface area contributed by atoms with Crippen molar-refractivity contribution in [2.45, 2.75) is 13.5 Å². The summed E-state index contributed by atoms with van der Waals surface area (Å²) in [7, 11) is 1.13. The Kier molecular flexibility index (Phi) is 5.17. The predicted molar refractivity (Wildman–Crippen MR) is 63.7 cm³/mol. The van der Waals surface area contributed by atoms with Crippen molar-refractivity contribution in [1.29, 1.82) is 0 Å². The van der Waals surface area contributed by atoms with Crippen LogP contribution in [-0.2, 0) is 14.3 Å². The van der Waals surface area contributed by atoms with E-state index in [-0.39, 0.29) is 16.9 Å². The molecule has 0 saturated carbocycles. The molecule has 0 heterocycles. The van der Waals surface area contributed by atoms with Crippen molar-refractivity contribution in [3.8, 4) is 5.75 Å². The molecule has 1 aromatic carbocycles. The summed E-state index contributed by atoms with van der Waals surface area (Å²) in [6, 6.07) is 5.83. The van der Waals surface area contributed by atoms with E-state index in [1.807, 2.05) is 0 Å². The minimum atomic E-state index is -2.99. The first-order valence-electron chi connectivity index (χ1n) is 5.30. The Morgan fingerprint density at radius 1 is 1.26 bits per heavy atom. The Bertz CT molecular complexity index is 509. The average Bonchev–Trinajstić information content (AvgIpc) is 2.35. The number of hydrogen-bond acceptors (Lipinski definition) is 4. The van der Waals surface area contributed by atoms with Gasteiger partial charge in [0.15, 0.2) is 5.78 Å². The number of rotatable bonds is 5. The van der Waals surface area contributed by atoms with Gasteiger partial charge in [-0.25, -0.2) is 4.79 Å². The van der Waals surface area contributed by atoms with E-state index in [4.69, 9.17) is 0 Å². The molecule has 1 rings (SSSR count). The summed E-state index contributed by atoms with van der Waals surface area (Å²) < 4.78 is 33.2. The predicted octanol–water partition coefficient (Wildman–Crippen LogP) is 2.43. The Morgan fingerprint density at radius 2 is 1.89 bits per heavy atom. The molecule has 0 aromatic heterocycles. The number of esters is 1. The van der Waals surface area contributed by atoms with Gasteiger partial charge in [-0.3, -0.25) is 4.79 Å². The fourth-order valence-electron chi connectivity index (χ4n) is 1.37. The zero-order valence-corrected chi connectivity index (χ0v) is 10.4. The van der Waals surface area contributed by atoms with Gasteiger partial charge in [-0.05, 0) is 19.1 Å². The number of methoxy groups -OCH3 is 1. The normalized spacial score (nSPS) is 11.3. The quantitative estimate of drug-likeness (QED) is 0.357. The van der Waals surface area contributed by atoms with Crippen LogP contribution in [0.3, 0.4) is 0 Å². The first-order valence-corrected chi connectivity index (χ1v) is 5.30. The Morgan fingerprint density at radius 3 is 2.42 bits per heavy atom. The summed E-state index contributed by atoms with van der Waals surface area (Å²) in [5.74, 6) is -1.49. The van der Waals surface area contributed by atoms with E-state index in [1.165, 1.54) is 25.1 Å². The van der Waals surface area contributed by atoms with E-state index < -0.39 is 18.4 Å². The van der Waals surface area contributed by atoms with Crippen LogP contribution >= 0.6 is 0 Å². The highest BCUT2D eigenvalue weighted by molar-refractivity contribution is 6.19. The minimum absolute atomic E-state index is 0.125. The zero-order valence-electron chi connectivity index (χ0n) is 10.4. The smallest absolute Gasteiger partial charge is 0.387 e. The van der Waals surface area contributed by atoms with E-state index in [1.54, 1.807) is 6.07 Å². The van der Waals surface area contributed by atoms with Gasteiger partial charge in [0, 0.05) is 5.56 Å². The van der Waals surface area contributed by atoms with Crippen molar-refractivity contribution in [1.82, 2.24) is 0 Å². The van der Waals surface area contributed by atoms with E-state index in [2.05, 4.69) is 9.47 Å². The maximum absolute atomic E-state index is 12.2. The lowest BCUT2D eigenvalue weighted by Crippen LogP contribution is -2.11. The van der Waals surface area contributed by atoms with E-state index >= 15 is 0 Å². The van der Waals surface area contributed by atoms with E-state index in [0.29, 0.717) is 0 Å². The fourth-order valence-corrected chi connectivity index (χ4v) is 1.37. The van der Waals surface area contributed by atoms with Crippen molar-refractivity contribution in [2.24, 2.45) is 0 Å². The number of hydrogen-bond donors (Lipinski definition) is 0. The van der Waals surface area contributed by atoms with Gasteiger partial charge in [0.2, 0.25) is 0 Å². The molecule has 0 bridgehead atoms. The molecule has 0 N–H and O–H groups in total. The van der Waals surface area contributed by atoms with Crippen LogP contribution < -0.4 is 4.74 Å². The van der Waals surface area contributed by atoms with Gasteiger partial charge in [0.25, 0.3) is 0 Å². The Balaban J connectivity index is 3.21. The molecule has 0 aliphatic heterocycles. The molecule has 6 heteroatoms. The Hall–Kier alpha value is -2.24. The van der Waals surface area contributed by atoms with Crippen LogP contribution in [0.1, 0.15) is 12.5 Å². The fraction of sp³-hybridized carbons (Fsp3) is 0.231. The van der Waals surface area contributed by atoms with Crippen LogP contribution in [0.4, 0.5) is 8.78 Å². The maximum atomic E-state index is 12.2. The summed E-state index contributed by atoms with van der Waals surface area (Å²) >= 11 is 0. The largest absolute Gasteiger partial charge is 0.465 e. The van der Waals surface area contributed by atoms with E-state index in [9.17, 15) is 18.4 Å². The van der Waals surface area contributed by atoms with Gasteiger partial charge in [-0.2, -0.15) is 8.78 Å². The third kappa shape index (κ3) is 4.17. The summed E-state index contributed by atoms with van der Waals surface area (Å²) in [4.78, 5) is 22.7. The lowest BCUT2D eigenvalue weighted by molar-refractivity contribution is -0.137. The van der Waals surface area contributed by atoms with Crippen LogP contribution in [0.25, 0.3) is 6.08 Å². The zero-order chi connectivity index (χ0) is 14.4. The summed E-state index contributed by atoms with van der Waals surface area (Å²) in [5, 5.41) is 0. The number of para-hydroxylation sites is 1. The maximum Gasteiger partial charge on any atom is 0.387 e. The third-order valence-corrected chi connectivity index (χ3v) is 2.22. The summed E-state index contributed by atoms with van der Waals surface area (Å²) in [6.45, 7) is -1.81. The number of carbonyl (C=O) groups excluding carboxylic acids is 2. The monoisotopic (exact) mass is 270 g/mol. The first-order chi connectivity index (χ1) is 8.95. The van der Waals surface area contributed by atoms with Crippen molar-refractivity contribution in [3.05, 3.63) is 35.4 Å². The molecule has 19 heavy (non-hydrogen) atoms. The second-order valence-electron chi connectivity index (χ2n) is 3.52. The highest BCUT2D eigenvalue weighted by Crippen LogP contribution is 2.23. The highest BCUT2D eigenvalue weighted by Gasteiger charge is 2.16.